The molecule has 2 fully saturated rings. The zero-order valence-electron chi connectivity index (χ0n) is 25.8. The lowest BCUT2D eigenvalue weighted by atomic mass is 9.91. The molecule has 0 radical (unpaired) electrons. The highest BCUT2D eigenvalue weighted by Gasteiger charge is 2.36. The van der Waals surface area contributed by atoms with Gasteiger partial charge in [0.15, 0.2) is 0 Å². The van der Waals surface area contributed by atoms with Crippen molar-refractivity contribution < 1.29 is 24.5 Å². The van der Waals surface area contributed by atoms with E-state index in [0.717, 1.165) is 66.3 Å². The van der Waals surface area contributed by atoms with Crippen molar-refractivity contribution in [3.05, 3.63) is 83.0 Å². The Hall–Kier alpha value is -3.71. The van der Waals surface area contributed by atoms with E-state index in [2.05, 4.69) is 13.2 Å². The highest BCUT2D eigenvalue weighted by atomic mass is 16.6. The van der Waals surface area contributed by atoms with Crippen molar-refractivity contribution >= 4 is 18.4 Å². The number of hydrogen-bond donors (Lipinski definition) is 2. The predicted octanol–water partition coefficient (Wildman–Crippen LogP) is 6.95. The number of phenols is 2. The van der Waals surface area contributed by atoms with E-state index >= 15 is 0 Å². The Morgan fingerprint density at radius 1 is 0.884 bits per heavy atom. The molecule has 2 aliphatic rings. The summed E-state index contributed by atoms with van der Waals surface area (Å²) in [4.78, 5) is 22.3. The first kappa shape index (κ1) is 32.2. The van der Waals surface area contributed by atoms with Crippen molar-refractivity contribution in [2.24, 2.45) is 27.7 Å². The van der Waals surface area contributed by atoms with Gasteiger partial charge in [-0.1, -0.05) is 37.1 Å². The molecular formula is C36H46N2O5. The summed E-state index contributed by atoms with van der Waals surface area (Å²) in [7, 11) is 0. The van der Waals surface area contributed by atoms with Crippen molar-refractivity contribution in [3.63, 3.8) is 0 Å². The van der Waals surface area contributed by atoms with Crippen LogP contribution in [0.5, 0.6) is 11.5 Å². The summed E-state index contributed by atoms with van der Waals surface area (Å²) < 4.78 is 11.3. The maximum Gasteiger partial charge on any atom is 0.309 e. The highest BCUT2D eigenvalue weighted by molar-refractivity contribution is 5.85. The van der Waals surface area contributed by atoms with Crippen molar-refractivity contribution in [2.75, 3.05) is 13.2 Å². The average molecular weight is 587 g/mol. The first-order valence-corrected chi connectivity index (χ1v) is 15.4. The lowest BCUT2D eigenvalue weighted by Gasteiger charge is -2.25. The molecule has 0 aromatic heterocycles. The zero-order valence-corrected chi connectivity index (χ0v) is 25.8. The Labute approximate surface area is 256 Å². The second-order valence-corrected chi connectivity index (χ2v) is 12.0. The SMILES string of the molecule is C=CC1CC(C=C)C(C(=O)OCCOCc2cc(C)c(O)c(C=NC3CCCC[C@H]3N=Cc3cc(C)cc(C)c3O)c2)C1. The van der Waals surface area contributed by atoms with Gasteiger partial charge in [-0.25, -0.2) is 0 Å². The molecule has 2 aliphatic carbocycles. The van der Waals surface area contributed by atoms with Gasteiger partial charge < -0.3 is 19.7 Å². The van der Waals surface area contributed by atoms with Gasteiger partial charge >= 0.3 is 5.97 Å². The van der Waals surface area contributed by atoms with Crippen LogP contribution >= 0.6 is 0 Å². The average Bonchev–Trinajstić information content (AvgIpc) is 3.43. The third-order valence-electron chi connectivity index (χ3n) is 8.70. The molecule has 2 N–H and O–H groups in total. The molecule has 0 bridgehead atoms. The van der Waals surface area contributed by atoms with Crippen molar-refractivity contribution in [1.82, 2.24) is 0 Å². The molecule has 2 aromatic rings. The lowest BCUT2D eigenvalue weighted by Crippen LogP contribution is -2.27. The second-order valence-electron chi connectivity index (χ2n) is 12.0. The molecular weight excluding hydrogens is 540 g/mol. The van der Waals surface area contributed by atoms with Crippen molar-refractivity contribution in [3.8, 4) is 11.5 Å². The highest BCUT2D eigenvalue weighted by Crippen LogP contribution is 2.38. The normalized spacial score (nSPS) is 24.0. The molecule has 0 amide bonds. The molecule has 5 atom stereocenters. The monoisotopic (exact) mass is 586 g/mol. The standard InChI is InChI=1S/C36H46N2O5/c1-6-26-17-28(7-2)31(19-26)36(41)43-13-12-42-22-27-16-25(5)35(40)30(18-27)21-38-33-11-9-8-10-32(33)37-20-29-15-23(3)14-24(4)34(29)39/h6-7,14-16,18,20-21,26,28,31-33,39-40H,1-2,8-13,17,19,22H2,3-5H3/t26?,28?,31?,32-,33?/m1/s1. The maximum absolute atomic E-state index is 12.6. The van der Waals surface area contributed by atoms with Crippen molar-refractivity contribution in [2.45, 2.75) is 78.0 Å². The van der Waals surface area contributed by atoms with Crippen LogP contribution in [-0.4, -0.2) is 53.9 Å². The molecule has 7 heteroatoms. The first-order valence-electron chi connectivity index (χ1n) is 15.4. The Kier molecular flexibility index (Phi) is 11.3. The number of carbonyl (C=O) groups excluding carboxylic acids is 1. The maximum atomic E-state index is 12.6. The topological polar surface area (TPSA) is 101 Å². The number of hydrogen-bond acceptors (Lipinski definition) is 7. The van der Waals surface area contributed by atoms with E-state index in [9.17, 15) is 15.0 Å². The quantitative estimate of drug-likeness (QED) is 0.121. The number of phenolic OH excluding ortho intramolecular Hbond substituents is 2. The summed E-state index contributed by atoms with van der Waals surface area (Å²) in [5.41, 5.74) is 4.93. The number of carbonyl (C=O) groups is 1. The minimum absolute atomic E-state index is 0.00494. The van der Waals surface area contributed by atoms with Crippen LogP contribution in [0.2, 0.25) is 0 Å². The van der Waals surface area contributed by atoms with Crippen LogP contribution in [0.4, 0.5) is 0 Å². The fraction of sp³-hybridized carbons (Fsp3) is 0.472. The van der Waals surface area contributed by atoms with Gasteiger partial charge in [-0.15, -0.1) is 13.2 Å². The number of aromatic hydroxyl groups is 2. The van der Waals surface area contributed by atoms with E-state index in [1.807, 2.05) is 57.2 Å². The van der Waals surface area contributed by atoms with Crippen LogP contribution in [0.3, 0.4) is 0 Å². The molecule has 0 aliphatic heterocycles. The molecule has 7 nitrogen and oxygen atoms in total. The largest absolute Gasteiger partial charge is 0.507 e. The van der Waals surface area contributed by atoms with Crippen LogP contribution in [-0.2, 0) is 20.9 Å². The number of nitrogens with zero attached hydrogens (tertiary/aromatic N) is 2. The fourth-order valence-corrected chi connectivity index (χ4v) is 6.28. The molecule has 0 spiro atoms. The number of allylic oxidation sites excluding steroid dienone is 2. The summed E-state index contributed by atoms with van der Waals surface area (Å²) in [5, 5.41) is 21.2. The van der Waals surface area contributed by atoms with Gasteiger partial charge in [0.1, 0.15) is 18.1 Å². The summed E-state index contributed by atoms with van der Waals surface area (Å²) in [6.07, 6.45) is 12.9. The fourth-order valence-electron chi connectivity index (χ4n) is 6.28. The summed E-state index contributed by atoms with van der Waals surface area (Å²) in [5.74, 6) is 0.533. The van der Waals surface area contributed by atoms with E-state index in [1.165, 1.54) is 0 Å². The minimum Gasteiger partial charge on any atom is -0.507 e. The minimum atomic E-state index is -0.201. The Bertz CT molecular complexity index is 1360. The smallest absolute Gasteiger partial charge is 0.309 e. The van der Waals surface area contributed by atoms with Crippen LogP contribution in [0.1, 0.15) is 71.9 Å². The third kappa shape index (κ3) is 8.44. The zero-order chi connectivity index (χ0) is 30.9. The van der Waals surface area contributed by atoms with E-state index in [4.69, 9.17) is 19.5 Å². The molecule has 0 saturated heterocycles. The van der Waals surface area contributed by atoms with Gasteiger partial charge in [-0.3, -0.25) is 14.8 Å². The second kappa shape index (κ2) is 15.1. The molecule has 2 saturated carbocycles. The summed E-state index contributed by atoms with van der Waals surface area (Å²) in [6.45, 7) is 14.3. The number of esters is 1. The van der Waals surface area contributed by atoms with Gasteiger partial charge in [0.25, 0.3) is 0 Å². The first-order chi connectivity index (χ1) is 20.7. The number of aryl methyl sites for hydroxylation is 3. The van der Waals surface area contributed by atoms with E-state index < -0.39 is 0 Å². The van der Waals surface area contributed by atoms with E-state index in [0.29, 0.717) is 18.1 Å². The lowest BCUT2D eigenvalue weighted by molar-refractivity contribution is -0.151. The molecule has 4 rings (SSSR count). The Morgan fingerprint density at radius 3 is 2.14 bits per heavy atom. The molecule has 0 heterocycles. The van der Waals surface area contributed by atoms with Gasteiger partial charge in [0.2, 0.25) is 0 Å². The van der Waals surface area contributed by atoms with Gasteiger partial charge in [-0.05, 0) is 92.7 Å². The van der Waals surface area contributed by atoms with E-state index in [-0.39, 0.29) is 54.6 Å². The molecule has 43 heavy (non-hydrogen) atoms. The van der Waals surface area contributed by atoms with Gasteiger partial charge in [0, 0.05) is 23.6 Å². The van der Waals surface area contributed by atoms with Crippen LogP contribution < -0.4 is 0 Å². The Morgan fingerprint density at radius 2 is 1.51 bits per heavy atom. The van der Waals surface area contributed by atoms with Gasteiger partial charge in [0.05, 0.1) is 31.2 Å². The Balaban J connectivity index is 1.33. The molecule has 2 aromatic carbocycles. The van der Waals surface area contributed by atoms with Crippen molar-refractivity contribution in [1.29, 1.82) is 0 Å². The predicted molar refractivity (Wildman–Crippen MR) is 172 cm³/mol. The molecule has 4 unspecified atom stereocenters. The number of benzene rings is 2. The number of ether oxygens (including phenoxy) is 2. The van der Waals surface area contributed by atoms with Crippen LogP contribution in [0.15, 0.2) is 59.6 Å². The third-order valence-corrected chi connectivity index (χ3v) is 8.70. The van der Waals surface area contributed by atoms with Crippen LogP contribution in [0, 0.1) is 38.5 Å². The summed E-state index contributed by atoms with van der Waals surface area (Å²) in [6, 6.07) is 7.68. The van der Waals surface area contributed by atoms with Gasteiger partial charge in [-0.2, -0.15) is 0 Å². The molecule has 230 valence electrons. The summed E-state index contributed by atoms with van der Waals surface area (Å²) >= 11 is 0. The number of aliphatic imine (C=N–C) groups is 2. The van der Waals surface area contributed by atoms with Crippen LogP contribution in [0.25, 0.3) is 0 Å². The van der Waals surface area contributed by atoms with E-state index in [1.54, 1.807) is 12.4 Å². The number of rotatable bonds is 12.